The first kappa shape index (κ1) is 8.82. The van der Waals surface area contributed by atoms with Crippen molar-refractivity contribution in [3.8, 4) is 0 Å². The molecule has 6 aliphatic heterocycles. The molecule has 7 rings (SSSR count). The molecule has 6 saturated heterocycles. The van der Waals surface area contributed by atoms with Gasteiger partial charge < -0.3 is 23.7 Å². The van der Waals surface area contributed by atoms with Gasteiger partial charge in [0.25, 0.3) is 0 Å². The minimum absolute atomic E-state index is 0.0923. The summed E-state index contributed by atoms with van der Waals surface area (Å²) in [5.74, 6) is 3.06. The summed E-state index contributed by atoms with van der Waals surface area (Å²) in [5, 5.41) is 0. The van der Waals surface area contributed by atoms with E-state index in [1.54, 1.807) is 0 Å². The summed E-state index contributed by atoms with van der Waals surface area (Å²) in [4.78, 5) is 0. The molecule has 10 atom stereocenters. The lowest BCUT2D eigenvalue weighted by molar-refractivity contribution is -0.338. The van der Waals surface area contributed by atoms with Crippen molar-refractivity contribution < 1.29 is 23.7 Å². The fourth-order valence-corrected chi connectivity index (χ4v) is 5.34. The Bertz CT molecular complexity index is 366. The molecular weight excluding hydrogens is 224 g/mol. The second kappa shape index (κ2) is 2.56. The van der Waals surface area contributed by atoms with Crippen LogP contribution in [0.15, 0.2) is 0 Å². The lowest BCUT2D eigenvalue weighted by Gasteiger charge is -2.38. The first-order chi connectivity index (χ1) is 8.42. The maximum absolute atomic E-state index is 6.04. The number of rotatable bonds is 0. The zero-order chi connectivity index (χ0) is 10.7. The fraction of sp³-hybridized carbons (Fsp3) is 1.00. The number of hydrogen-bond donors (Lipinski definition) is 0. The van der Waals surface area contributed by atoms with E-state index in [-0.39, 0.29) is 25.2 Å². The van der Waals surface area contributed by atoms with E-state index in [0.29, 0.717) is 35.5 Å². The third-order valence-corrected chi connectivity index (χ3v) is 5.82. The van der Waals surface area contributed by atoms with Crippen LogP contribution in [0.25, 0.3) is 0 Å². The van der Waals surface area contributed by atoms with Gasteiger partial charge >= 0.3 is 0 Å². The van der Waals surface area contributed by atoms with Crippen LogP contribution in [-0.2, 0) is 23.7 Å². The van der Waals surface area contributed by atoms with E-state index in [2.05, 4.69) is 0 Å². The molecule has 1 aliphatic carbocycles. The third kappa shape index (κ3) is 0.788. The van der Waals surface area contributed by atoms with Crippen molar-refractivity contribution in [2.75, 3.05) is 13.2 Å². The molecule has 0 aromatic carbocycles. The SMILES string of the molecule is C1OC[C@H]2[C@@H]1[C@H]1[C@H]3O[C@H]4O[C@H]5O[C@H](O3)[C@@H]2[C@H]5[C@H]41. The molecule has 17 heavy (non-hydrogen) atoms. The molecule has 6 bridgehead atoms. The van der Waals surface area contributed by atoms with Gasteiger partial charge in [-0.25, -0.2) is 0 Å². The highest BCUT2D eigenvalue weighted by Gasteiger charge is 2.74. The molecular formula is C12H14O5. The van der Waals surface area contributed by atoms with E-state index in [9.17, 15) is 0 Å². The quantitative estimate of drug-likeness (QED) is 0.601. The van der Waals surface area contributed by atoms with Gasteiger partial charge in [-0.1, -0.05) is 0 Å². The first-order valence-corrected chi connectivity index (χ1v) is 6.61. The van der Waals surface area contributed by atoms with E-state index in [1.165, 1.54) is 0 Å². The standard InChI is InChI=1S/C12H14O5/c1-3-4(2-13-1)6-8-7-5(3)9-14-10(6)16-12(8)17-11(7)15-9/h3-12H,1-2H2/t3-,4+,5-,6+,7-,8+,9-,10+,11+,12-. The maximum atomic E-state index is 6.04. The summed E-state index contributed by atoms with van der Waals surface area (Å²) in [6.45, 7) is 1.73. The Hall–Kier alpha value is -0.200. The summed E-state index contributed by atoms with van der Waals surface area (Å²) < 4.78 is 29.5. The predicted molar refractivity (Wildman–Crippen MR) is 51.3 cm³/mol. The van der Waals surface area contributed by atoms with Crippen molar-refractivity contribution in [1.29, 1.82) is 0 Å². The maximum Gasteiger partial charge on any atom is 0.167 e. The molecule has 0 aromatic rings. The molecule has 0 spiro atoms. The van der Waals surface area contributed by atoms with Gasteiger partial charge in [0.2, 0.25) is 0 Å². The van der Waals surface area contributed by atoms with Crippen LogP contribution >= 0.6 is 0 Å². The Morgan fingerprint density at radius 3 is 1.41 bits per heavy atom. The molecule has 7 fully saturated rings. The zero-order valence-electron chi connectivity index (χ0n) is 9.23. The fourth-order valence-electron chi connectivity index (χ4n) is 5.34. The van der Waals surface area contributed by atoms with Gasteiger partial charge in [0.15, 0.2) is 25.2 Å². The average Bonchev–Trinajstić information content (AvgIpc) is 2.97. The Balaban J connectivity index is 1.61. The molecule has 0 unspecified atom stereocenters. The molecule has 0 radical (unpaired) electrons. The smallest absolute Gasteiger partial charge is 0.167 e. The number of ether oxygens (including phenoxy) is 5. The largest absolute Gasteiger partial charge is 0.381 e. The van der Waals surface area contributed by atoms with Crippen molar-refractivity contribution >= 4 is 0 Å². The van der Waals surface area contributed by atoms with Crippen LogP contribution in [0.5, 0.6) is 0 Å². The van der Waals surface area contributed by atoms with Gasteiger partial charge in [-0.3, -0.25) is 0 Å². The molecule has 5 nitrogen and oxygen atoms in total. The van der Waals surface area contributed by atoms with Crippen LogP contribution in [-0.4, -0.2) is 38.4 Å². The van der Waals surface area contributed by atoms with Crippen molar-refractivity contribution in [2.24, 2.45) is 35.5 Å². The van der Waals surface area contributed by atoms with Gasteiger partial charge in [-0.2, -0.15) is 0 Å². The van der Waals surface area contributed by atoms with Gasteiger partial charge in [-0.05, 0) is 11.8 Å². The van der Waals surface area contributed by atoms with Gasteiger partial charge in [-0.15, -0.1) is 0 Å². The molecule has 0 N–H and O–H groups in total. The summed E-state index contributed by atoms with van der Waals surface area (Å²) in [6, 6.07) is 0. The minimum Gasteiger partial charge on any atom is -0.381 e. The Labute approximate surface area is 98.3 Å². The molecule has 5 heteroatoms. The highest BCUT2D eigenvalue weighted by atomic mass is 16.9. The van der Waals surface area contributed by atoms with E-state index < -0.39 is 0 Å². The zero-order valence-corrected chi connectivity index (χ0v) is 9.23. The second-order valence-electron chi connectivity index (χ2n) is 6.19. The number of hydrogen-bond acceptors (Lipinski definition) is 5. The first-order valence-electron chi connectivity index (χ1n) is 6.61. The summed E-state index contributed by atoms with van der Waals surface area (Å²) >= 11 is 0. The lowest BCUT2D eigenvalue weighted by atomic mass is 9.60. The summed E-state index contributed by atoms with van der Waals surface area (Å²) in [7, 11) is 0. The Morgan fingerprint density at radius 2 is 0.941 bits per heavy atom. The van der Waals surface area contributed by atoms with E-state index >= 15 is 0 Å². The van der Waals surface area contributed by atoms with Crippen molar-refractivity contribution in [3.63, 3.8) is 0 Å². The summed E-state index contributed by atoms with van der Waals surface area (Å²) in [6.07, 6.45) is -0.434. The molecule has 0 aromatic heterocycles. The highest BCUT2D eigenvalue weighted by Crippen LogP contribution is 2.66. The molecule has 7 aliphatic rings. The molecule has 0 amide bonds. The Morgan fingerprint density at radius 1 is 0.529 bits per heavy atom. The average molecular weight is 238 g/mol. The van der Waals surface area contributed by atoms with Crippen molar-refractivity contribution in [1.82, 2.24) is 0 Å². The normalized spacial score (nSPS) is 73.4. The second-order valence-corrected chi connectivity index (χ2v) is 6.19. The molecule has 6 heterocycles. The van der Waals surface area contributed by atoms with Crippen LogP contribution < -0.4 is 0 Å². The summed E-state index contributed by atoms with van der Waals surface area (Å²) in [5.41, 5.74) is 0. The molecule has 92 valence electrons. The third-order valence-electron chi connectivity index (χ3n) is 5.82. The highest BCUT2D eigenvalue weighted by molar-refractivity contribution is 5.11. The van der Waals surface area contributed by atoms with E-state index in [0.717, 1.165) is 13.2 Å². The monoisotopic (exact) mass is 238 g/mol. The topological polar surface area (TPSA) is 46.2 Å². The van der Waals surface area contributed by atoms with Crippen molar-refractivity contribution in [3.05, 3.63) is 0 Å². The Kier molecular flexibility index (Phi) is 1.33. The predicted octanol–water partition coefficient (Wildman–Crippen LogP) is 0.153. The lowest BCUT2D eigenvalue weighted by Crippen LogP contribution is -2.44. The minimum atomic E-state index is -0.125. The van der Waals surface area contributed by atoms with Gasteiger partial charge in [0, 0.05) is 23.7 Å². The van der Waals surface area contributed by atoms with Crippen LogP contribution in [0.2, 0.25) is 0 Å². The van der Waals surface area contributed by atoms with Crippen LogP contribution in [0, 0.1) is 35.5 Å². The van der Waals surface area contributed by atoms with Gasteiger partial charge in [0.05, 0.1) is 13.2 Å². The van der Waals surface area contributed by atoms with Crippen LogP contribution in [0.4, 0.5) is 0 Å². The van der Waals surface area contributed by atoms with Crippen LogP contribution in [0.1, 0.15) is 0 Å². The molecule has 1 saturated carbocycles. The van der Waals surface area contributed by atoms with Gasteiger partial charge in [0.1, 0.15) is 0 Å². The van der Waals surface area contributed by atoms with Crippen LogP contribution in [0.3, 0.4) is 0 Å². The van der Waals surface area contributed by atoms with E-state index in [4.69, 9.17) is 23.7 Å². The van der Waals surface area contributed by atoms with Crippen molar-refractivity contribution in [2.45, 2.75) is 25.2 Å². The van der Waals surface area contributed by atoms with E-state index in [1.807, 2.05) is 0 Å².